The van der Waals surface area contributed by atoms with Gasteiger partial charge in [0.1, 0.15) is 10.6 Å². The van der Waals surface area contributed by atoms with Crippen LogP contribution < -0.4 is 10.5 Å². The van der Waals surface area contributed by atoms with E-state index >= 15 is 0 Å². The maximum Gasteiger partial charge on any atom is 0.247 e. The summed E-state index contributed by atoms with van der Waals surface area (Å²) in [5.74, 6) is 0.379. The normalized spacial score (nSPS) is 21.3. The molecule has 0 unspecified atom stereocenters. The van der Waals surface area contributed by atoms with Gasteiger partial charge in [-0.05, 0) is 25.0 Å². The van der Waals surface area contributed by atoms with Crippen molar-refractivity contribution in [2.45, 2.75) is 30.2 Å². The van der Waals surface area contributed by atoms with Gasteiger partial charge in [0.25, 0.3) is 0 Å². The first kappa shape index (κ1) is 14.3. The van der Waals surface area contributed by atoms with Gasteiger partial charge in [0.15, 0.2) is 0 Å². The summed E-state index contributed by atoms with van der Waals surface area (Å²) in [5.41, 5.74) is 5.70. The van der Waals surface area contributed by atoms with Crippen LogP contribution >= 0.6 is 0 Å². The van der Waals surface area contributed by atoms with Crippen molar-refractivity contribution in [3.8, 4) is 5.75 Å². The van der Waals surface area contributed by atoms with Crippen LogP contribution in [0.25, 0.3) is 0 Å². The van der Waals surface area contributed by atoms with Gasteiger partial charge in [-0.25, -0.2) is 8.42 Å². The van der Waals surface area contributed by atoms with Crippen LogP contribution in [-0.2, 0) is 10.0 Å². The fourth-order valence-corrected chi connectivity index (χ4v) is 4.35. The minimum atomic E-state index is -3.54. The Kier molecular flexibility index (Phi) is 4.44. The van der Waals surface area contributed by atoms with E-state index < -0.39 is 10.0 Å². The first-order valence-electron chi connectivity index (χ1n) is 6.46. The lowest BCUT2D eigenvalue weighted by atomic mass is 10.1. The summed E-state index contributed by atoms with van der Waals surface area (Å²) >= 11 is 0. The number of methoxy groups -OCH3 is 1. The van der Waals surface area contributed by atoms with E-state index in [2.05, 4.69) is 0 Å². The monoisotopic (exact) mass is 284 g/mol. The molecule has 19 heavy (non-hydrogen) atoms. The second-order valence-corrected chi connectivity index (χ2v) is 6.51. The van der Waals surface area contributed by atoms with Crippen LogP contribution in [0.1, 0.15) is 19.3 Å². The van der Waals surface area contributed by atoms with E-state index in [0.717, 1.165) is 19.3 Å². The molecule has 0 amide bonds. The van der Waals surface area contributed by atoms with Crippen molar-refractivity contribution in [3.63, 3.8) is 0 Å². The molecule has 1 heterocycles. The lowest BCUT2D eigenvalue weighted by Gasteiger charge is -2.34. The van der Waals surface area contributed by atoms with Gasteiger partial charge in [0.2, 0.25) is 10.0 Å². The zero-order chi connectivity index (χ0) is 13.9. The molecule has 0 bridgehead atoms. The predicted octanol–water partition coefficient (Wildman–Crippen LogP) is 1.20. The van der Waals surface area contributed by atoms with Crippen molar-refractivity contribution in [1.29, 1.82) is 0 Å². The Balaban J connectivity index is 2.40. The number of piperidine rings is 1. The van der Waals surface area contributed by atoms with Crippen LogP contribution in [0.2, 0.25) is 0 Å². The van der Waals surface area contributed by atoms with E-state index in [1.807, 2.05) is 0 Å². The highest BCUT2D eigenvalue weighted by molar-refractivity contribution is 7.89. The molecule has 1 atom stereocenters. The molecular formula is C13H20N2O3S. The van der Waals surface area contributed by atoms with Gasteiger partial charge in [-0.2, -0.15) is 4.31 Å². The highest BCUT2D eigenvalue weighted by atomic mass is 32.2. The van der Waals surface area contributed by atoms with Crippen molar-refractivity contribution >= 4 is 10.0 Å². The van der Waals surface area contributed by atoms with Crippen molar-refractivity contribution in [2.24, 2.45) is 5.73 Å². The Morgan fingerprint density at radius 1 is 1.37 bits per heavy atom. The molecule has 1 aliphatic rings. The molecule has 5 nitrogen and oxygen atoms in total. The molecule has 6 heteroatoms. The van der Waals surface area contributed by atoms with Crippen LogP contribution in [0.4, 0.5) is 0 Å². The van der Waals surface area contributed by atoms with Crippen molar-refractivity contribution in [3.05, 3.63) is 24.3 Å². The number of hydrogen-bond donors (Lipinski definition) is 1. The maximum absolute atomic E-state index is 12.7. The number of rotatable bonds is 4. The molecule has 0 saturated carbocycles. The number of para-hydroxylation sites is 1. The molecule has 0 aliphatic carbocycles. The fourth-order valence-electron chi connectivity index (χ4n) is 2.48. The van der Waals surface area contributed by atoms with E-state index in [1.165, 1.54) is 11.4 Å². The lowest BCUT2D eigenvalue weighted by molar-refractivity contribution is 0.256. The Hall–Kier alpha value is -1.11. The summed E-state index contributed by atoms with van der Waals surface area (Å²) in [6.07, 6.45) is 2.73. The molecular weight excluding hydrogens is 264 g/mol. The highest BCUT2D eigenvalue weighted by Gasteiger charge is 2.34. The van der Waals surface area contributed by atoms with E-state index in [9.17, 15) is 8.42 Å². The molecule has 1 aromatic carbocycles. The van der Waals surface area contributed by atoms with Crippen LogP contribution in [0.3, 0.4) is 0 Å². The topological polar surface area (TPSA) is 72.6 Å². The van der Waals surface area contributed by atoms with Gasteiger partial charge in [0, 0.05) is 19.1 Å². The lowest BCUT2D eigenvalue weighted by Crippen LogP contribution is -2.47. The minimum absolute atomic E-state index is 0.108. The fraction of sp³-hybridized carbons (Fsp3) is 0.538. The predicted molar refractivity (Wildman–Crippen MR) is 73.6 cm³/mol. The molecule has 1 aliphatic heterocycles. The van der Waals surface area contributed by atoms with E-state index in [0.29, 0.717) is 18.8 Å². The number of nitrogens with two attached hydrogens (primary N) is 1. The van der Waals surface area contributed by atoms with Crippen molar-refractivity contribution in [2.75, 3.05) is 20.2 Å². The summed E-state index contributed by atoms with van der Waals surface area (Å²) < 4.78 is 32.1. The maximum atomic E-state index is 12.7. The summed E-state index contributed by atoms with van der Waals surface area (Å²) in [6, 6.07) is 6.60. The third-order valence-electron chi connectivity index (χ3n) is 3.50. The molecule has 1 aromatic rings. The number of nitrogens with zero attached hydrogens (tertiary/aromatic N) is 1. The summed E-state index contributed by atoms with van der Waals surface area (Å²) in [7, 11) is -2.06. The van der Waals surface area contributed by atoms with Crippen LogP contribution in [0.5, 0.6) is 5.75 Å². The molecule has 1 fully saturated rings. The van der Waals surface area contributed by atoms with Crippen molar-refractivity contribution < 1.29 is 13.2 Å². The van der Waals surface area contributed by atoms with Gasteiger partial charge >= 0.3 is 0 Å². The zero-order valence-corrected chi connectivity index (χ0v) is 11.9. The first-order chi connectivity index (χ1) is 9.11. The molecule has 0 spiro atoms. The summed E-state index contributed by atoms with van der Waals surface area (Å²) in [6.45, 7) is 0.886. The molecule has 0 aromatic heterocycles. The summed E-state index contributed by atoms with van der Waals surface area (Å²) in [4.78, 5) is 0.220. The van der Waals surface area contributed by atoms with E-state index in [4.69, 9.17) is 10.5 Å². The molecule has 2 N–H and O–H groups in total. The molecule has 1 saturated heterocycles. The Labute approximate surface area is 114 Å². The van der Waals surface area contributed by atoms with Gasteiger partial charge < -0.3 is 10.5 Å². The van der Waals surface area contributed by atoms with Crippen LogP contribution in [0.15, 0.2) is 29.2 Å². The molecule has 0 radical (unpaired) electrons. The molecule has 106 valence electrons. The van der Waals surface area contributed by atoms with Crippen LogP contribution in [-0.4, -0.2) is 39.0 Å². The SMILES string of the molecule is COc1ccccc1S(=O)(=O)N1CCCC[C@@H]1CN. The minimum Gasteiger partial charge on any atom is -0.495 e. The quantitative estimate of drug-likeness (QED) is 0.901. The zero-order valence-electron chi connectivity index (χ0n) is 11.1. The highest BCUT2D eigenvalue weighted by Crippen LogP contribution is 2.30. The van der Waals surface area contributed by atoms with Gasteiger partial charge in [0.05, 0.1) is 7.11 Å². The second-order valence-electron chi connectivity index (χ2n) is 4.65. The van der Waals surface area contributed by atoms with Gasteiger partial charge in [-0.3, -0.25) is 0 Å². The van der Waals surface area contributed by atoms with Crippen LogP contribution in [0, 0.1) is 0 Å². The first-order valence-corrected chi connectivity index (χ1v) is 7.90. The Morgan fingerprint density at radius 2 is 2.11 bits per heavy atom. The third-order valence-corrected chi connectivity index (χ3v) is 5.49. The third kappa shape index (κ3) is 2.75. The van der Waals surface area contributed by atoms with Gasteiger partial charge in [-0.1, -0.05) is 18.6 Å². The van der Waals surface area contributed by atoms with E-state index in [1.54, 1.807) is 24.3 Å². The average molecular weight is 284 g/mol. The molecule has 2 rings (SSSR count). The number of benzene rings is 1. The Morgan fingerprint density at radius 3 is 2.79 bits per heavy atom. The smallest absolute Gasteiger partial charge is 0.247 e. The standard InChI is InChI=1S/C13H20N2O3S/c1-18-12-7-2-3-8-13(12)19(16,17)15-9-5-4-6-11(15)10-14/h2-3,7-8,11H,4-6,9-10,14H2,1H3/t11-/m1/s1. The number of sulfonamides is 1. The number of ether oxygens (including phenoxy) is 1. The number of hydrogen-bond acceptors (Lipinski definition) is 4. The average Bonchev–Trinajstić information content (AvgIpc) is 2.47. The van der Waals surface area contributed by atoms with E-state index in [-0.39, 0.29) is 10.9 Å². The second kappa shape index (κ2) is 5.90. The van der Waals surface area contributed by atoms with Crippen molar-refractivity contribution in [1.82, 2.24) is 4.31 Å². The largest absolute Gasteiger partial charge is 0.495 e. The van der Waals surface area contributed by atoms with Gasteiger partial charge in [-0.15, -0.1) is 0 Å². The Bertz CT molecular complexity index is 530. The summed E-state index contributed by atoms with van der Waals surface area (Å²) in [5, 5.41) is 0.